The molecule has 1 atom stereocenters. The second-order valence-electron chi connectivity index (χ2n) is 9.70. The summed E-state index contributed by atoms with van der Waals surface area (Å²) in [4.78, 5) is 30.0. The number of carbonyl (C=O) groups is 2. The second kappa shape index (κ2) is 13.5. The van der Waals surface area contributed by atoms with E-state index in [1.165, 1.54) is 19.2 Å². The van der Waals surface area contributed by atoms with Gasteiger partial charge in [-0.2, -0.15) is 0 Å². The van der Waals surface area contributed by atoms with Gasteiger partial charge in [0.15, 0.2) is 17.3 Å². The highest BCUT2D eigenvalue weighted by Crippen LogP contribution is 2.37. The summed E-state index contributed by atoms with van der Waals surface area (Å²) in [5, 5.41) is 10.4. The zero-order chi connectivity index (χ0) is 29.7. The maximum Gasteiger partial charge on any atom is 0.338 e. The lowest BCUT2D eigenvalue weighted by Crippen LogP contribution is -2.34. The Balaban J connectivity index is 1.50. The molecule has 10 nitrogen and oxygen atoms in total. The fourth-order valence-electron chi connectivity index (χ4n) is 4.37. The average Bonchev–Trinajstić information content (AvgIpc) is 3.19. The molecule has 1 saturated heterocycles. The summed E-state index contributed by atoms with van der Waals surface area (Å²) in [5.41, 5.74) is 7.04. The lowest BCUT2D eigenvalue weighted by atomic mass is 9.62. The van der Waals surface area contributed by atoms with Gasteiger partial charge in [-0.1, -0.05) is 30.0 Å². The normalized spacial score (nSPS) is 14.7. The van der Waals surface area contributed by atoms with E-state index in [-0.39, 0.29) is 38.8 Å². The second-order valence-corrected chi connectivity index (χ2v) is 10.5. The minimum absolute atomic E-state index is 0.000478. The van der Waals surface area contributed by atoms with Crippen LogP contribution in [0.2, 0.25) is 16.9 Å². The number of carbonyl (C=O) groups excluding carboxylic acids is 2. The molecule has 0 radical (unpaired) electrons. The number of anilines is 2. The first-order valence-electron chi connectivity index (χ1n) is 12.9. The summed E-state index contributed by atoms with van der Waals surface area (Å²) in [5.74, 6) is -1.44. The van der Waals surface area contributed by atoms with E-state index in [2.05, 4.69) is 20.4 Å². The predicted molar refractivity (Wildman–Crippen MR) is 157 cm³/mol. The Morgan fingerprint density at radius 2 is 1.83 bits per heavy atom. The molecule has 1 aliphatic rings. The minimum atomic E-state index is -0.993. The Hall–Kier alpha value is -3.45. The van der Waals surface area contributed by atoms with E-state index >= 15 is 0 Å². The molecule has 1 fully saturated rings. The molecule has 0 bridgehead atoms. The number of rotatable bonds is 8. The fourth-order valence-corrected chi connectivity index (χ4v) is 4.95. The van der Waals surface area contributed by atoms with E-state index in [1.807, 2.05) is 11.9 Å². The number of hydrogen-bond acceptors (Lipinski definition) is 8. The summed E-state index contributed by atoms with van der Waals surface area (Å²) in [6, 6.07) is 9.43. The van der Waals surface area contributed by atoms with Gasteiger partial charge >= 0.3 is 6.92 Å². The number of nitrogens with zero attached hydrogens (tertiary/aromatic N) is 4. The van der Waals surface area contributed by atoms with Crippen LogP contribution >= 0.6 is 23.2 Å². The van der Waals surface area contributed by atoms with Crippen LogP contribution in [-0.4, -0.2) is 79.1 Å². The molecule has 0 saturated carbocycles. The third kappa shape index (κ3) is 7.26. The number of amides is 2. The lowest BCUT2D eigenvalue weighted by Gasteiger charge is -2.24. The van der Waals surface area contributed by atoms with Gasteiger partial charge in [-0.15, -0.1) is 10.2 Å². The molecule has 2 amide bonds. The first kappa shape index (κ1) is 30.5. The van der Waals surface area contributed by atoms with Gasteiger partial charge in [0.25, 0.3) is 11.8 Å². The number of benzene rings is 2. The monoisotopic (exact) mass is 602 g/mol. The Bertz CT molecular complexity index is 1420. The smallest absolute Gasteiger partial charge is 0.338 e. The van der Waals surface area contributed by atoms with E-state index in [0.717, 1.165) is 25.6 Å². The van der Waals surface area contributed by atoms with Crippen LogP contribution < -0.4 is 15.8 Å². The van der Waals surface area contributed by atoms with Crippen molar-refractivity contribution in [2.24, 2.45) is 0 Å². The van der Waals surface area contributed by atoms with E-state index in [0.29, 0.717) is 24.3 Å². The Labute approximate surface area is 248 Å². The van der Waals surface area contributed by atoms with Crippen molar-refractivity contribution in [1.29, 1.82) is 0 Å². The van der Waals surface area contributed by atoms with Crippen LogP contribution in [0.1, 0.15) is 38.8 Å². The van der Waals surface area contributed by atoms with Crippen LogP contribution in [0.5, 0.6) is 5.75 Å². The maximum absolute atomic E-state index is 14.3. The largest absolute Gasteiger partial charge is 0.487 e. The molecule has 216 valence electrons. The number of likely N-dealkylation sites (N-methyl/N-ethyl adjacent to an activating group) is 1. The highest BCUT2D eigenvalue weighted by Gasteiger charge is 2.32. The summed E-state index contributed by atoms with van der Waals surface area (Å²) in [6.45, 7) is 4.17. The maximum atomic E-state index is 14.3. The summed E-state index contributed by atoms with van der Waals surface area (Å²) < 4.78 is 25.7. The van der Waals surface area contributed by atoms with Crippen molar-refractivity contribution in [1.82, 2.24) is 20.0 Å². The van der Waals surface area contributed by atoms with Gasteiger partial charge in [-0.3, -0.25) is 9.59 Å². The Morgan fingerprint density at radius 1 is 1.10 bits per heavy atom. The van der Waals surface area contributed by atoms with Crippen LogP contribution in [0, 0.1) is 5.82 Å². The molecule has 2 heterocycles. The Kier molecular flexibility index (Phi) is 10.0. The van der Waals surface area contributed by atoms with E-state index in [4.69, 9.17) is 38.3 Å². The number of nitrogen functional groups attached to an aromatic ring is 1. The fraction of sp³-hybridized carbons (Fsp3) is 0.333. The lowest BCUT2D eigenvalue weighted by molar-refractivity contribution is 0.0762. The molecule has 1 aliphatic heterocycles. The number of hydrogen-bond donors (Lipinski definition) is 2. The van der Waals surface area contributed by atoms with E-state index in [1.54, 1.807) is 31.1 Å². The third-order valence-electron chi connectivity index (χ3n) is 6.83. The predicted octanol–water partition coefficient (Wildman–Crippen LogP) is 4.46. The summed E-state index contributed by atoms with van der Waals surface area (Å²) >= 11 is 12.5. The highest BCUT2D eigenvalue weighted by molar-refractivity contribution is 6.52. The van der Waals surface area contributed by atoms with Gasteiger partial charge in [0.2, 0.25) is 0 Å². The first-order chi connectivity index (χ1) is 19.6. The van der Waals surface area contributed by atoms with Gasteiger partial charge in [0.1, 0.15) is 11.8 Å². The molecule has 0 spiro atoms. The molecular weight excluding hydrogens is 573 g/mol. The molecule has 1 unspecified atom stereocenters. The van der Waals surface area contributed by atoms with Gasteiger partial charge in [0, 0.05) is 54.6 Å². The molecule has 14 heteroatoms. The molecule has 0 aliphatic carbocycles. The zero-order valence-corrected chi connectivity index (χ0v) is 24.4. The van der Waals surface area contributed by atoms with Gasteiger partial charge in [-0.05, 0) is 56.4 Å². The van der Waals surface area contributed by atoms with Crippen LogP contribution in [0.25, 0.3) is 0 Å². The van der Waals surface area contributed by atoms with Crippen LogP contribution in [0.4, 0.5) is 15.9 Å². The molecule has 2 aromatic carbocycles. The molecular formula is C27H30BCl2FN6O4. The number of aromatic nitrogens is 2. The SMILES string of the molecule is COB(C)C(Oc1cc(C(=O)Nc2ccc(C(=O)N3CCCN(C)CC3)cc2)nnc1N)c1c(Cl)ccc(F)c1Cl. The number of halogens is 3. The molecule has 41 heavy (non-hydrogen) atoms. The average molecular weight is 603 g/mol. The van der Waals surface area contributed by atoms with Gasteiger partial charge in [0.05, 0.1) is 5.02 Å². The standard InChI is InChI=1S/C27H30BCl2FN6O4/c1-28(40-3)24(22-18(29)9-10-19(31)23(22)30)41-21-15-20(34-35-25(21)32)26(38)33-17-7-5-16(6-8-17)27(39)37-12-4-11-36(2)13-14-37/h5-10,15,24H,4,11-14H2,1-3H3,(H2,32,35)(H,33,38). The van der Waals surface area contributed by atoms with Crippen molar-refractivity contribution in [3.8, 4) is 5.75 Å². The minimum Gasteiger partial charge on any atom is -0.487 e. The van der Waals surface area contributed by atoms with Crippen LogP contribution in [0.3, 0.4) is 0 Å². The van der Waals surface area contributed by atoms with Crippen molar-refractivity contribution in [3.05, 3.63) is 75.1 Å². The third-order valence-corrected chi connectivity index (χ3v) is 7.54. The van der Waals surface area contributed by atoms with Crippen LogP contribution in [-0.2, 0) is 4.65 Å². The van der Waals surface area contributed by atoms with Crippen molar-refractivity contribution in [2.75, 3.05) is 51.4 Å². The van der Waals surface area contributed by atoms with E-state index in [9.17, 15) is 14.0 Å². The molecule has 3 aromatic rings. The van der Waals surface area contributed by atoms with E-state index < -0.39 is 24.6 Å². The van der Waals surface area contributed by atoms with Crippen molar-refractivity contribution in [2.45, 2.75) is 19.2 Å². The Morgan fingerprint density at radius 3 is 2.54 bits per heavy atom. The zero-order valence-electron chi connectivity index (χ0n) is 22.9. The van der Waals surface area contributed by atoms with Gasteiger partial charge in [-0.25, -0.2) is 4.39 Å². The molecule has 1 aromatic heterocycles. The molecule has 4 rings (SSSR count). The number of ether oxygens (including phenoxy) is 1. The first-order valence-corrected chi connectivity index (χ1v) is 13.7. The highest BCUT2D eigenvalue weighted by atomic mass is 35.5. The number of nitrogens with two attached hydrogens (primary N) is 1. The van der Waals surface area contributed by atoms with Crippen molar-refractivity contribution >= 4 is 53.4 Å². The molecule has 3 N–H and O–H groups in total. The summed E-state index contributed by atoms with van der Waals surface area (Å²) in [7, 11) is 3.49. The van der Waals surface area contributed by atoms with Gasteiger partial charge < -0.3 is 30.2 Å². The van der Waals surface area contributed by atoms with Crippen molar-refractivity contribution < 1.29 is 23.4 Å². The quantitative estimate of drug-likeness (QED) is 0.286. The topological polar surface area (TPSA) is 123 Å². The van der Waals surface area contributed by atoms with Crippen molar-refractivity contribution in [3.63, 3.8) is 0 Å². The number of nitrogens with one attached hydrogen (secondary N) is 1. The summed E-state index contributed by atoms with van der Waals surface area (Å²) in [6.07, 6.45) is 0.915. The van der Waals surface area contributed by atoms with Crippen LogP contribution in [0.15, 0.2) is 42.5 Å².